The lowest BCUT2D eigenvalue weighted by Gasteiger charge is -2.18. The van der Waals surface area contributed by atoms with Gasteiger partial charge in [0.05, 0.1) is 5.56 Å². The average molecular weight is 475 g/mol. The van der Waals surface area contributed by atoms with E-state index in [9.17, 15) is 57.1 Å². The van der Waals surface area contributed by atoms with Crippen molar-refractivity contribution in [1.29, 1.82) is 0 Å². The molecule has 0 saturated carbocycles. The smallest absolute Gasteiger partial charge is 0.226 e. The van der Waals surface area contributed by atoms with Crippen molar-refractivity contribution < 1.29 is 57.1 Å². The van der Waals surface area contributed by atoms with Crippen molar-refractivity contribution in [2.75, 3.05) is 0 Å². The minimum absolute atomic E-state index is 1.87. The molecule has 0 unspecified atom stereocenters. The molecule has 4 rings (SSSR count). The Morgan fingerprint density at radius 2 is 0.594 bits per heavy atom. The van der Waals surface area contributed by atoms with Gasteiger partial charge in [-0.25, -0.2) is 57.1 Å². The summed E-state index contributed by atoms with van der Waals surface area (Å²) >= 11 is 0. The summed E-state index contributed by atoms with van der Waals surface area (Å²) in [5.74, 6) is -32.2. The second kappa shape index (κ2) is 6.87. The first-order chi connectivity index (χ1) is 14.8. The van der Waals surface area contributed by atoms with Crippen LogP contribution in [0.5, 0.6) is 0 Å². The lowest BCUT2D eigenvalue weighted by molar-refractivity contribution is 0.376. The number of hydrogen-bond acceptors (Lipinski definition) is 0. The molecule has 0 aromatic heterocycles. The van der Waals surface area contributed by atoms with E-state index in [1.165, 1.54) is 0 Å². The normalized spacial score (nSPS) is 16.4. The lowest BCUT2D eigenvalue weighted by atomic mass is 9.90. The van der Waals surface area contributed by atoms with Crippen LogP contribution in [-0.4, -0.2) is 0 Å². The molecule has 0 spiro atoms. The Labute approximate surface area is 167 Å². The van der Waals surface area contributed by atoms with Crippen molar-refractivity contribution >= 4 is 11.1 Å². The molecule has 0 bridgehead atoms. The van der Waals surface area contributed by atoms with Crippen LogP contribution in [0.3, 0.4) is 0 Å². The zero-order valence-corrected chi connectivity index (χ0v) is 14.4. The molecular formula is C19F13. The first kappa shape index (κ1) is 22.0. The minimum atomic E-state index is -2.78. The van der Waals surface area contributed by atoms with Crippen molar-refractivity contribution in [2.45, 2.75) is 0 Å². The fourth-order valence-electron chi connectivity index (χ4n) is 3.40. The molecule has 1 radical (unpaired) electrons. The summed E-state index contributed by atoms with van der Waals surface area (Å²) in [4.78, 5) is 0. The summed E-state index contributed by atoms with van der Waals surface area (Å²) in [7, 11) is 0. The molecule has 2 aliphatic rings. The summed E-state index contributed by atoms with van der Waals surface area (Å²) in [6.45, 7) is 0. The molecule has 0 fully saturated rings. The highest BCUT2D eigenvalue weighted by Gasteiger charge is 2.49. The molecule has 0 saturated heterocycles. The monoisotopic (exact) mass is 475 g/mol. The van der Waals surface area contributed by atoms with Gasteiger partial charge in [-0.3, -0.25) is 0 Å². The molecule has 0 heterocycles. The molecule has 13 heteroatoms. The predicted octanol–water partition coefficient (Wildman–Crippen LogP) is 7.10. The zero-order valence-electron chi connectivity index (χ0n) is 14.4. The van der Waals surface area contributed by atoms with Gasteiger partial charge in [0.25, 0.3) is 0 Å². The van der Waals surface area contributed by atoms with Gasteiger partial charge in [0.2, 0.25) is 12.0 Å². The zero-order chi connectivity index (χ0) is 24.0. The number of halogens is 13. The van der Waals surface area contributed by atoms with Gasteiger partial charge >= 0.3 is 0 Å². The van der Waals surface area contributed by atoms with E-state index in [-0.39, 0.29) is 0 Å². The van der Waals surface area contributed by atoms with Crippen molar-refractivity contribution in [1.82, 2.24) is 0 Å². The van der Waals surface area contributed by atoms with Crippen LogP contribution in [0, 0.1) is 58.5 Å². The van der Waals surface area contributed by atoms with Gasteiger partial charge in [0.1, 0.15) is 0 Å². The molecule has 0 aliphatic heterocycles. The molecule has 2 aromatic rings. The Balaban J connectivity index is 2.32. The van der Waals surface area contributed by atoms with Gasteiger partial charge in [0.15, 0.2) is 64.0 Å². The van der Waals surface area contributed by atoms with Crippen LogP contribution < -0.4 is 0 Å². The van der Waals surface area contributed by atoms with E-state index in [4.69, 9.17) is 0 Å². The van der Waals surface area contributed by atoms with Crippen LogP contribution in [0.25, 0.3) is 11.1 Å². The third-order valence-electron chi connectivity index (χ3n) is 4.74. The second-order valence-corrected chi connectivity index (χ2v) is 6.33. The molecule has 167 valence electrons. The van der Waals surface area contributed by atoms with Gasteiger partial charge in [-0.15, -0.1) is 0 Å². The molecule has 2 aliphatic carbocycles. The molecule has 0 nitrogen and oxygen atoms in total. The van der Waals surface area contributed by atoms with Crippen LogP contribution in [0.1, 0.15) is 16.7 Å². The molecule has 32 heavy (non-hydrogen) atoms. The molecule has 0 amide bonds. The average Bonchev–Trinajstić information content (AvgIpc) is 3.12. The maximum Gasteiger partial charge on any atom is 0.235 e. The Kier molecular flexibility index (Phi) is 4.72. The Bertz CT molecular complexity index is 1320. The maximum atomic E-state index is 14.5. The minimum Gasteiger partial charge on any atom is -0.226 e. The summed E-state index contributed by atoms with van der Waals surface area (Å²) in [5.41, 5.74) is -11.8. The Morgan fingerprint density at radius 1 is 0.250 bits per heavy atom. The van der Waals surface area contributed by atoms with Gasteiger partial charge in [-0.05, 0) is 0 Å². The van der Waals surface area contributed by atoms with Crippen molar-refractivity contribution in [3.05, 3.63) is 98.3 Å². The summed E-state index contributed by atoms with van der Waals surface area (Å²) in [5, 5.41) is 0. The standard InChI is InChI=1S/C19F13/c20-7-2-1(6-11(24)17(30)19(32)18(31)12(6)25)3-5(4(2)9(22)15(28)13(7)26)10(23)16(29)14(27)8(3)21. The van der Waals surface area contributed by atoms with Crippen LogP contribution >= 0.6 is 0 Å². The fraction of sp³-hybridized carbons (Fsp3) is 0. The van der Waals surface area contributed by atoms with Crippen LogP contribution in [-0.2, 0) is 0 Å². The van der Waals surface area contributed by atoms with E-state index in [2.05, 4.69) is 0 Å². The van der Waals surface area contributed by atoms with Crippen LogP contribution in [0.4, 0.5) is 57.1 Å². The van der Waals surface area contributed by atoms with E-state index in [1.807, 2.05) is 0 Å². The van der Waals surface area contributed by atoms with Crippen molar-refractivity contribution in [3.63, 3.8) is 0 Å². The van der Waals surface area contributed by atoms with Gasteiger partial charge < -0.3 is 0 Å². The van der Waals surface area contributed by atoms with Crippen molar-refractivity contribution in [2.24, 2.45) is 0 Å². The van der Waals surface area contributed by atoms with Gasteiger partial charge in [-0.1, -0.05) is 0 Å². The van der Waals surface area contributed by atoms with E-state index in [0.29, 0.717) is 0 Å². The summed E-state index contributed by atoms with van der Waals surface area (Å²) in [6, 6.07) is 0. The highest BCUT2D eigenvalue weighted by molar-refractivity contribution is 6.09. The van der Waals surface area contributed by atoms with Gasteiger partial charge in [-0.2, -0.15) is 0 Å². The third kappa shape index (κ3) is 2.47. The number of benzene rings is 2. The van der Waals surface area contributed by atoms with E-state index < -0.39 is 109 Å². The van der Waals surface area contributed by atoms with Crippen LogP contribution in [0.15, 0.2) is 23.1 Å². The molecule has 0 atom stereocenters. The molecular weight excluding hydrogens is 475 g/mol. The maximum absolute atomic E-state index is 14.5. The van der Waals surface area contributed by atoms with E-state index >= 15 is 0 Å². The van der Waals surface area contributed by atoms with Gasteiger partial charge in [0, 0.05) is 27.8 Å². The highest BCUT2D eigenvalue weighted by atomic mass is 19.2. The first-order valence-corrected chi connectivity index (χ1v) is 7.96. The van der Waals surface area contributed by atoms with E-state index in [0.717, 1.165) is 0 Å². The van der Waals surface area contributed by atoms with Crippen molar-refractivity contribution in [3.8, 4) is 0 Å². The highest BCUT2D eigenvalue weighted by Crippen LogP contribution is 2.58. The summed E-state index contributed by atoms with van der Waals surface area (Å²) < 4.78 is 182. The fourth-order valence-corrected chi connectivity index (χ4v) is 3.40. The topological polar surface area (TPSA) is 0 Å². The molecule has 2 aromatic carbocycles. The Hall–Kier alpha value is -3.25. The number of fused-ring (bicyclic) bond motifs is 3. The number of hydrogen-bond donors (Lipinski definition) is 0. The Morgan fingerprint density at radius 3 is 1.03 bits per heavy atom. The largest absolute Gasteiger partial charge is 0.235 e. The quantitative estimate of drug-likeness (QED) is 0.235. The predicted molar refractivity (Wildman–Crippen MR) is 80.1 cm³/mol. The lowest BCUT2D eigenvalue weighted by Crippen LogP contribution is -2.11. The summed E-state index contributed by atoms with van der Waals surface area (Å²) in [6.07, 6.45) is -2.59. The number of allylic oxidation sites excluding steroid dienone is 5. The first-order valence-electron chi connectivity index (χ1n) is 7.96. The third-order valence-corrected chi connectivity index (χ3v) is 4.74. The SMILES string of the molecule is F[C]1C(F)=C(F)C(F)=C2C1=C(c1c(F)c(F)c(F)c(F)c1F)c1c(F)c(F)c(F)c(F)c12. The number of rotatable bonds is 1. The second-order valence-electron chi connectivity index (χ2n) is 6.33. The molecule has 0 N–H and O–H groups in total. The van der Waals surface area contributed by atoms with Crippen LogP contribution in [0.2, 0.25) is 0 Å². The van der Waals surface area contributed by atoms with E-state index in [1.54, 1.807) is 0 Å².